The number of rotatable bonds is 5. The van der Waals surface area contributed by atoms with E-state index in [9.17, 15) is 0 Å². The molecule has 0 aliphatic carbocycles. The van der Waals surface area contributed by atoms with Crippen LogP contribution in [0.5, 0.6) is 0 Å². The van der Waals surface area contributed by atoms with Crippen LogP contribution in [0.25, 0.3) is 33.4 Å². The van der Waals surface area contributed by atoms with Crippen molar-refractivity contribution >= 4 is 11.4 Å². The van der Waals surface area contributed by atoms with Crippen molar-refractivity contribution in [2.45, 2.75) is 0 Å². The Labute approximate surface area is 190 Å². The fraction of sp³-hybridized carbons (Fsp3) is 0. The number of benzene rings is 5. The minimum absolute atomic E-state index is 0.187. The zero-order chi connectivity index (χ0) is 25.2. The van der Waals surface area contributed by atoms with Crippen molar-refractivity contribution < 1.29 is 6.85 Å². The van der Waals surface area contributed by atoms with Gasteiger partial charge >= 0.3 is 0 Å². The smallest absolute Gasteiger partial charge is 0.0629 e. The van der Waals surface area contributed by atoms with Crippen molar-refractivity contribution in [1.82, 2.24) is 0 Å². The summed E-state index contributed by atoms with van der Waals surface area (Å²) in [4.78, 5) is 0. The van der Waals surface area contributed by atoms with Crippen LogP contribution in [0.1, 0.15) is 6.85 Å². The van der Waals surface area contributed by atoms with Gasteiger partial charge < -0.3 is 5.32 Å². The van der Waals surface area contributed by atoms with Crippen LogP contribution in [-0.4, -0.2) is 0 Å². The minimum atomic E-state index is -0.394. The van der Waals surface area contributed by atoms with Gasteiger partial charge in [-0.2, -0.15) is 0 Å². The van der Waals surface area contributed by atoms with E-state index in [1.165, 1.54) is 0 Å². The number of hydrogen-bond donors (Lipinski definition) is 1. The average Bonchev–Trinajstić information content (AvgIpc) is 2.92. The number of nitrogens with one attached hydrogen (secondary N) is 1. The largest absolute Gasteiger partial charge is 0.355 e. The molecule has 0 radical (unpaired) electrons. The molecule has 0 aromatic heterocycles. The molecule has 5 aromatic rings. The van der Waals surface area contributed by atoms with Gasteiger partial charge in [0.05, 0.1) is 6.85 Å². The maximum absolute atomic E-state index is 8.32. The van der Waals surface area contributed by atoms with E-state index in [0.29, 0.717) is 5.56 Å². The van der Waals surface area contributed by atoms with E-state index in [1.807, 2.05) is 60.7 Å². The van der Waals surface area contributed by atoms with Crippen LogP contribution in [0, 0.1) is 0 Å². The minimum Gasteiger partial charge on any atom is -0.355 e. The molecule has 1 N–H and O–H groups in total. The highest BCUT2D eigenvalue weighted by Gasteiger charge is 2.09. The van der Waals surface area contributed by atoms with Crippen LogP contribution in [0.4, 0.5) is 11.4 Å². The highest BCUT2D eigenvalue weighted by Crippen LogP contribution is 2.35. The van der Waals surface area contributed by atoms with Gasteiger partial charge in [-0.15, -0.1) is 0 Å². The summed E-state index contributed by atoms with van der Waals surface area (Å²) in [5.41, 5.74) is 6.73. The molecule has 0 amide bonds. The number of hydrogen-bond acceptors (Lipinski definition) is 1. The van der Waals surface area contributed by atoms with Crippen molar-refractivity contribution in [2.75, 3.05) is 5.32 Å². The molecule has 0 saturated heterocycles. The van der Waals surface area contributed by atoms with E-state index in [4.69, 9.17) is 6.85 Å². The van der Waals surface area contributed by atoms with Crippen molar-refractivity contribution in [3.8, 4) is 33.4 Å². The second-order valence-electron chi connectivity index (χ2n) is 7.20. The van der Waals surface area contributed by atoms with Gasteiger partial charge in [-0.05, 0) is 52.1 Å². The van der Waals surface area contributed by atoms with Crippen molar-refractivity contribution in [3.63, 3.8) is 0 Å². The molecule has 148 valence electrons. The van der Waals surface area contributed by atoms with E-state index in [-0.39, 0.29) is 29.7 Å². The second-order valence-corrected chi connectivity index (χ2v) is 7.20. The molecular formula is C30H23N. The first-order valence-corrected chi connectivity index (χ1v) is 10.1. The van der Waals surface area contributed by atoms with E-state index in [1.54, 1.807) is 6.07 Å². The molecule has 0 heterocycles. The van der Waals surface area contributed by atoms with Gasteiger partial charge in [-0.1, -0.05) is 109 Å². The predicted octanol–water partition coefficient (Wildman–Crippen LogP) is 8.43. The third kappa shape index (κ3) is 4.26. The molecule has 0 spiro atoms. The Balaban J connectivity index is 1.58. The Morgan fingerprint density at radius 1 is 0.484 bits per heavy atom. The Hall–Kier alpha value is -4.10. The lowest BCUT2D eigenvalue weighted by Crippen LogP contribution is -1.94. The Morgan fingerprint density at radius 3 is 1.87 bits per heavy atom. The maximum atomic E-state index is 8.32. The lowest BCUT2D eigenvalue weighted by atomic mass is 9.97. The number of anilines is 2. The first-order valence-electron chi connectivity index (χ1n) is 12.6. The van der Waals surface area contributed by atoms with Crippen LogP contribution >= 0.6 is 0 Å². The Morgan fingerprint density at radius 2 is 1.13 bits per heavy atom. The van der Waals surface area contributed by atoms with Crippen molar-refractivity contribution in [1.29, 1.82) is 0 Å². The predicted molar refractivity (Wildman–Crippen MR) is 132 cm³/mol. The molecule has 5 rings (SSSR count). The van der Waals surface area contributed by atoms with Crippen LogP contribution in [0.2, 0.25) is 0 Å². The highest BCUT2D eigenvalue weighted by atomic mass is 14.9. The Kier molecular flexibility index (Phi) is 3.94. The maximum Gasteiger partial charge on any atom is 0.0629 e. The van der Waals surface area contributed by atoms with Gasteiger partial charge in [0.1, 0.15) is 0 Å². The van der Waals surface area contributed by atoms with E-state index >= 15 is 0 Å². The summed E-state index contributed by atoms with van der Waals surface area (Å²) in [7, 11) is 0. The zero-order valence-electron chi connectivity index (χ0n) is 21.8. The summed E-state index contributed by atoms with van der Waals surface area (Å²) in [6.45, 7) is 0. The van der Waals surface area contributed by atoms with Crippen LogP contribution in [0.3, 0.4) is 0 Å². The molecule has 5 aromatic carbocycles. The molecule has 1 heteroatoms. The second kappa shape index (κ2) is 8.73. The molecule has 0 saturated carbocycles. The first kappa shape index (κ1) is 14.0. The van der Waals surface area contributed by atoms with E-state index < -0.39 is 6.04 Å². The standard InChI is InChI=1S/C30H23N/c1-4-11-23(12-5-1)26-17-10-18-28(21-26)31-30-20-19-27(24-13-6-2-7-14-24)22-29(30)25-15-8-3-9-16-25/h1-22,31H/i1D,4D,5D,11D,12D. The lowest BCUT2D eigenvalue weighted by molar-refractivity contribution is 1.52. The monoisotopic (exact) mass is 402 g/mol. The van der Waals surface area contributed by atoms with Gasteiger partial charge in [0.2, 0.25) is 0 Å². The summed E-state index contributed by atoms with van der Waals surface area (Å²) in [5, 5.41) is 3.49. The third-order valence-electron chi connectivity index (χ3n) is 5.14. The fourth-order valence-corrected chi connectivity index (χ4v) is 3.62. The van der Waals surface area contributed by atoms with Crippen LogP contribution < -0.4 is 5.32 Å². The molecular weight excluding hydrogens is 374 g/mol. The van der Waals surface area contributed by atoms with E-state index in [0.717, 1.165) is 33.6 Å². The lowest BCUT2D eigenvalue weighted by Gasteiger charge is -2.15. The molecule has 31 heavy (non-hydrogen) atoms. The summed E-state index contributed by atoms with van der Waals surface area (Å²) < 4.78 is 40.5. The summed E-state index contributed by atoms with van der Waals surface area (Å²) >= 11 is 0. The topological polar surface area (TPSA) is 12.0 Å². The third-order valence-corrected chi connectivity index (χ3v) is 5.14. The van der Waals surface area contributed by atoms with Gasteiger partial charge in [0.15, 0.2) is 0 Å². The van der Waals surface area contributed by atoms with Gasteiger partial charge in [0, 0.05) is 16.9 Å². The fourth-order valence-electron chi connectivity index (χ4n) is 3.62. The SMILES string of the molecule is [2H]c1c([2H])c([2H])c(-c2cccc(Nc3ccc(-c4ccccc4)cc3-c3ccccc3)c2)c([2H])c1[2H]. The molecule has 0 unspecified atom stereocenters. The van der Waals surface area contributed by atoms with Crippen LogP contribution in [-0.2, 0) is 0 Å². The van der Waals surface area contributed by atoms with Gasteiger partial charge in [0.25, 0.3) is 0 Å². The summed E-state index contributed by atoms with van der Waals surface area (Å²) in [6.07, 6.45) is 0. The Bertz CT molecular complexity index is 1520. The average molecular weight is 403 g/mol. The summed E-state index contributed by atoms with van der Waals surface area (Å²) in [5.74, 6) is 0. The van der Waals surface area contributed by atoms with Crippen molar-refractivity contribution in [2.24, 2.45) is 0 Å². The van der Waals surface area contributed by atoms with Gasteiger partial charge in [-0.25, -0.2) is 0 Å². The molecule has 0 aliphatic heterocycles. The van der Waals surface area contributed by atoms with E-state index in [2.05, 4.69) is 41.7 Å². The molecule has 0 fully saturated rings. The molecule has 0 aliphatic rings. The first-order chi connectivity index (χ1) is 17.4. The van der Waals surface area contributed by atoms with Crippen LogP contribution in [0.15, 0.2) is 133 Å². The van der Waals surface area contributed by atoms with Gasteiger partial charge in [-0.3, -0.25) is 0 Å². The quantitative estimate of drug-likeness (QED) is 0.311. The normalized spacial score (nSPS) is 12.8. The van der Waals surface area contributed by atoms with Crippen molar-refractivity contribution in [3.05, 3.63) is 133 Å². The summed E-state index contributed by atoms with van der Waals surface area (Å²) in [6, 6.07) is 32.4. The molecule has 0 bridgehead atoms. The molecule has 0 atom stereocenters. The highest BCUT2D eigenvalue weighted by molar-refractivity contribution is 5.86. The zero-order valence-corrected chi connectivity index (χ0v) is 16.8. The molecule has 1 nitrogen and oxygen atoms in total.